The van der Waals surface area contributed by atoms with E-state index in [-0.39, 0.29) is 0 Å². The highest BCUT2D eigenvalue weighted by Gasteiger charge is 2.15. The zero-order valence-corrected chi connectivity index (χ0v) is 13.5. The molecule has 2 aromatic rings. The number of anilines is 2. The third-order valence-electron chi connectivity index (χ3n) is 3.01. The Morgan fingerprint density at radius 1 is 0.864 bits per heavy atom. The molecule has 2 amide bonds. The molecule has 0 spiro atoms. The maximum atomic E-state index is 11.9. The van der Waals surface area contributed by atoms with Gasteiger partial charge in [0.05, 0.1) is 10.0 Å². The fraction of sp³-hybridized carbons (Fsp3) is 0.125. The zero-order valence-electron chi connectivity index (χ0n) is 12.0. The summed E-state index contributed by atoms with van der Waals surface area (Å²) < 4.78 is 0. The number of nitrogens with one attached hydrogen (secondary N) is 2. The van der Waals surface area contributed by atoms with Crippen LogP contribution in [0.1, 0.15) is 11.1 Å². The average molecular weight is 337 g/mol. The van der Waals surface area contributed by atoms with Crippen LogP contribution in [0.2, 0.25) is 10.0 Å². The first-order valence-electron chi connectivity index (χ1n) is 6.51. The van der Waals surface area contributed by atoms with Gasteiger partial charge >= 0.3 is 11.8 Å². The Morgan fingerprint density at radius 2 is 1.55 bits per heavy atom. The monoisotopic (exact) mass is 336 g/mol. The number of aryl methyl sites for hydroxylation is 2. The molecule has 4 nitrogen and oxygen atoms in total. The van der Waals surface area contributed by atoms with Crippen molar-refractivity contribution in [2.45, 2.75) is 13.8 Å². The highest BCUT2D eigenvalue weighted by Crippen LogP contribution is 2.25. The lowest BCUT2D eigenvalue weighted by atomic mass is 10.1. The van der Waals surface area contributed by atoms with Gasteiger partial charge in [-0.15, -0.1) is 0 Å². The summed E-state index contributed by atoms with van der Waals surface area (Å²) in [7, 11) is 0. The summed E-state index contributed by atoms with van der Waals surface area (Å²) in [4.78, 5) is 23.8. The Morgan fingerprint density at radius 3 is 2.18 bits per heavy atom. The third kappa shape index (κ3) is 4.00. The lowest BCUT2D eigenvalue weighted by Gasteiger charge is -2.10. The summed E-state index contributed by atoms with van der Waals surface area (Å²) in [5, 5.41) is 5.71. The molecule has 0 saturated carbocycles. The molecule has 2 rings (SSSR count). The standard InChI is InChI=1S/C16H14Cl2N2O2/c1-9-3-6-14(10(2)7-9)20-16(22)15(21)19-11-4-5-12(17)13(18)8-11/h3-8H,1-2H3,(H,19,21)(H,20,22). The van der Waals surface area contributed by atoms with Crippen molar-refractivity contribution in [2.24, 2.45) is 0 Å². The molecule has 0 aromatic heterocycles. The number of hydrogen-bond acceptors (Lipinski definition) is 2. The Balaban J connectivity index is 2.05. The van der Waals surface area contributed by atoms with Crippen LogP contribution in [0.3, 0.4) is 0 Å². The summed E-state index contributed by atoms with van der Waals surface area (Å²) >= 11 is 11.7. The lowest BCUT2D eigenvalue weighted by Crippen LogP contribution is -2.29. The number of benzene rings is 2. The van der Waals surface area contributed by atoms with Crippen LogP contribution in [0.15, 0.2) is 36.4 Å². The summed E-state index contributed by atoms with van der Waals surface area (Å²) in [6.07, 6.45) is 0. The molecule has 0 aliphatic carbocycles. The van der Waals surface area contributed by atoms with Crippen LogP contribution in [-0.4, -0.2) is 11.8 Å². The minimum atomic E-state index is -0.779. The van der Waals surface area contributed by atoms with Gasteiger partial charge in [0, 0.05) is 11.4 Å². The minimum absolute atomic E-state index is 0.300. The van der Waals surface area contributed by atoms with Gasteiger partial charge in [-0.3, -0.25) is 9.59 Å². The molecule has 0 bridgehead atoms. The molecule has 0 heterocycles. The maximum Gasteiger partial charge on any atom is 0.314 e. The van der Waals surface area contributed by atoms with Gasteiger partial charge in [-0.05, 0) is 43.7 Å². The van der Waals surface area contributed by atoms with Gasteiger partial charge in [0.2, 0.25) is 0 Å². The van der Waals surface area contributed by atoms with Gasteiger partial charge in [0.15, 0.2) is 0 Å². The summed E-state index contributed by atoms with van der Waals surface area (Å²) in [6.45, 7) is 3.81. The van der Waals surface area contributed by atoms with Gasteiger partial charge < -0.3 is 10.6 Å². The zero-order chi connectivity index (χ0) is 16.3. The molecule has 114 valence electrons. The molecule has 0 fully saturated rings. The van der Waals surface area contributed by atoms with Crippen LogP contribution >= 0.6 is 23.2 Å². The van der Waals surface area contributed by atoms with Crippen molar-refractivity contribution in [2.75, 3.05) is 10.6 Å². The smallest absolute Gasteiger partial charge is 0.314 e. The van der Waals surface area contributed by atoms with Crippen LogP contribution in [0.4, 0.5) is 11.4 Å². The van der Waals surface area contributed by atoms with Crippen LogP contribution < -0.4 is 10.6 Å². The first-order valence-corrected chi connectivity index (χ1v) is 7.27. The topological polar surface area (TPSA) is 58.2 Å². The van der Waals surface area contributed by atoms with E-state index < -0.39 is 11.8 Å². The largest absolute Gasteiger partial charge is 0.318 e. The van der Waals surface area contributed by atoms with Gasteiger partial charge in [0.25, 0.3) is 0 Å². The van der Waals surface area contributed by atoms with Crippen molar-refractivity contribution >= 4 is 46.4 Å². The van der Waals surface area contributed by atoms with E-state index in [0.29, 0.717) is 21.4 Å². The van der Waals surface area contributed by atoms with Crippen LogP contribution in [-0.2, 0) is 9.59 Å². The number of halogens is 2. The third-order valence-corrected chi connectivity index (χ3v) is 3.75. The predicted molar refractivity (Wildman–Crippen MR) is 89.6 cm³/mol. The predicted octanol–water partition coefficient (Wildman–Crippen LogP) is 4.19. The van der Waals surface area contributed by atoms with Crippen molar-refractivity contribution in [1.29, 1.82) is 0 Å². The average Bonchev–Trinajstić information content (AvgIpc) is 2.45. The Hall–Kier alpha value is -2.04. The van der Waals surface area contributed by atoms with Crippen molar-refractivity contribution in [3.05, 3.63) is 57.6 Å². The Labute approximate surface area is 138 Å². The molecule has 0 aliphatic rings. The van der Waals surface area contributed by atoms with Crippen LogP contribution in [0.5, 0.6) is 0 Å². The van der Waals surface area contributed by atoms with Crippen molar-refractivity contribution < 1.29 is 9.59 Å². The van der Waals surface area contributed by atoms with Crippen LogP contribution in [0.25, 0.3) is 0 Å². The van der Waals surface area contributed by atoms with Gasteiger partial charge in [-0.25, -0.2) is 0 Å². The van der Waals surface area contributed by atoms with Gasteiger partial charge in [-0.1, -0.05) is 40.9 Å². The molecule has 2 N–H and O–H groups in total. The van der Waals surface area contributed by atoms with Crippen molar-refractivity contribution in [3.63, 3.8) is 0 Å². The van der Waals surface area contributed by atoms with E-state index in [0.717, 1.165) is 11.1 Å². The number of carbonyl (C=O) groups is 2. The molecule has 0 saturated heterocycles. The normalized spacial score (nSPS) is 10.2. The Bertz CT molecular complexity index is 745. The van der Waals surface area contributed by atoms with Crippen molar-refractivity contribution in [3.8, 4) is 0 Å². The molecule has 2 aromatic carbocycles. The second-order valence-corrected chi connectivity index (χ2v) is 5.67. The summed E-state index contributed by atoms with van der Waals surface area (Å²) in [5.41, 5.74) is 2.96. The first kappa shape index (κ1) is 16.3. The van der Waals surface area contributed by atoms with E-state index in [2.05, 4.69) is 10.6 Å². The molecule has 0 radical (unpaired) electrons. The highest BCUT2D eigenvalue weighted by molar-refractivity contribution is 6.44. The molecule has 0 atom stereocenters. The molecule has 0 aliphatic heterocycles. The summed E-state index contributed by atoms with van der Waals surface area (Å²) in [5.74, 6) is -1.53. The number of carbonyl (C=O) groups excluding carboxylic acids is 2. The molecule has 22 heavy (non-hydrogen) atoms. The van der Waals surface area contributed by atoms with Gasteiger partial charge in [0.1, 0.15) is 0 Å². The van der Waals surface area contributed by atoms with E-state index in [4.69, 9.17) is 23.2 Å². The first-order chi connectivity index (χ1) is 10.4. The van der Waals surface area contributed by atoms with E-state index in [9.17, 15) is 9.59 Å². The number of rotatable bonds is 2. The van der Waals surface area contributed by atoms with E-state index in [1.54, 1.807) is 18.2 Å². The SMILES string of the molecule is Cc1ccc(NC(=O)C(=O)Nc2ccc(Cl)c(Cl)c2)c(C)c1. The maximum absolute atomic E-state index is 11.9. The fourth-order valence-corrected chi connectivity index (χ4v) is 2.19. The van der Waals surface area contributed by atoms with Gasteiger partial charge in [-0.2, -0.15) is 0 Å². The minimum Gasteiger partial charge on any atom is -0.318 e. The van der Waals surface area contributed by atoms with Crippen molar-refractivity contribution in [1.82, 2.24) is 0 Å². The molecule has 6 heteroatoms. The summed E-state index contributed by atoms with van der Waals surface area (Å²) in [6, 6.07) is 10.1. The number of amides is 2. The van der Waals surface area contributed by atoms with E-state index in [1.165, 1.54) is 6.07 Å². The lowest BCUT2D eigenvalue weighted by molar-refractivity contribution is -0.133. The second-order valence-electron chi connectivity index (χ2n) is 4.86. The van der Waals surface area contributed by atoms with E-state index in [1.807, 2.05) is 26.0 Å². The molecular formula is C16H14Cl2N2O2. The molecular weight excluding hydrogens is 323 g/mol. The van der Waals surface area contributed by atoms with Crippen LogP contribution in [0, 0.1) is 13.8 Å². The quantitative estimate of drug-likeness (QED) is 0.808. The highest BCUT2D eigenvalue weighted by atomic mass is 35.5. The number of hydrogen-bond donors (Lipinski definition) is 2. The second kappa shape index (κ2) is 6.81. The fourth-order valence-electron chi connectivity index (χ4n) is 1.89. The van der Waals surface area contributed by atoms with E-state index >= 15 is 0 Å². The Kier molecular flexibility index (Phi) is 5.06. The molecule has 0 unspecified atom stereocenters.